The second-order valence-electron chi connectivity index (χ2n) is 7.19. The highest BCUT2D eigenvalue weighted by molar-refractivity contribution is 5.91. The number of nitrogens with one attached hydrogen (secondary N) is 1. The summed E-state index contributed by atoms with van der Waals surface area (Å²) >= 11 is 0. The molecular formula is C26H25N3O. The van der Waals surface area contributed by atoms with Crippen molar-refractivity contribution >= 4 is 23.0 Å². The molecule has 0 radical (unpaired) electrons. The van der Waals surface area contributed by atoms with E-state index in [0.29, 0.717) is 13.0 Å². The average Bonchev–Trinajstić information content (AvgIpc) is 3.15. The van der Waals surface area contributed by atoms with Crippen LogP contribution in [0.25, 0.3) is 17.1 Å². The third-order valence-corrected chi connectivity index (χ3v) is 5.08. The quantitative estimate of drug-likeness (QED) is 0.442. The van der Waals surface area contributed by atoms with Crippen LogP contribution in [0.3, 0.4) is 0 Å². The molecule has 0 aliphatic heterocycles. The highest BCUT2D eigenvalue weighted by Gasteiger charge is 2.10. The van der Waals surface area contributed by atoms with Crippen molar-refractivity contribution in [3.05, 3.63) is 108 Å². The fraction of sp³-hybridized carbons (Fsp3) is 0.154. The summed E-state index contributed by atoms with van der Waals surface area (Å²) in [6.45, 7) is 1.41. The molecule has 0 saturated heterocycles. The van der Waals surface area contributed by atoms with Crippen molar-refractivity contribution in [1.82, 2.24) is 14.9 Å². The van der Waals surface area contributed by atoms with E-state index < -0.39 is 0 Å². The van der Waals surface area contributed by atoms with Gasteiger partial charge < -0.3 is 9.88 Å². The van der Waals surface area contributed by atoms with E-state index in [1.807, 2.05) is 60.7 Å². The zero-order chi connectivity index (χ0) is 20.6. The summed E-state index contributed by atoms with van der Waals surface area (Å²) in [5.74, 6) is 0.908. The number of imidazole rings is 1. The van der Waals surface area contributed by atoms with Gasteiger partial charge in [-0.1, -0.05) is 72.8 Å². The van der Waals surface area contributed by atoms with E-state index in [1.54, 1.807) is 6.08 Å². The lowest BCUT2D eigenvalue weighted by atomic mass is 10.1. The summed E-state index contributed by atoms with van der Waals surface area (Å²) in [6.07, 6.45) is 5.03. The van der Waals surface area contributed by atoms with Gasteiger partial charge in [-0.3, -0.25) is 4.79 Å². The van der Waals surface area contributed by atoms with Crippen LogP contribution in [0.2, 0.25) is 0 Å². The van der Waals surface area contributed by atoms with E-state index in [9.17, 15) is 4.79 Å². The van der Waals surface area contributed by atoms with Crippen molar-refractivity contribution in [3.8, 4) is 0 Å². The fourth-order valence-corrected chi connectivity index (χ4v) is 3.54. The second-order valence-corrected chi connectivity index (χ2v) is 7.19. The number of aryl methyl sites for hydroxylation is 2. The van der Waals surface area contributed by atoms with Gasteiger partial charge >= 0.3 is 0 Å². The molecule has 0 aliphatic rings. The summed E-state index contributed by atoms with van der Waals surface area (Å²) in [5, 5.41) is 2.97. The number of amides is 1. The van der Waals surface area contributed by atoms with Gasteiger partial charge in [-0.2, -0.15) is 0 Å². The number of hydrogen-bond donors (Lipinski definition) is 1. The highest BCUT2D eigenvalue weighted by atomic mass is 16.1. The molecule has 4 aromatic rings. The van der Waals surface area contributed by atoms with Gasteiger partial charge in [0.2, 0.25) is 5.91 Å². The fourth-order valence-electron chi connectivity index (χ4n) is 3.54. The molecule has 0 spiro atoms. The Hall–Kier alpha value is -3.66. The van der Waals surface area contributed by atoms with Crippen LogP contribution in [0.15, 0.2) is 91.0 Å². The van der Waals surface area contributed by atoms with Crippen LogP contribution in [0.5, 0.6) is 0 Å². The molecule has 0 bridgehead atoms. The molecule has 4 rings (SSSR count). The monoisotopic (exact) mass is 395 g/mol. The first-order valence-corrected chi connectivity index (χ1v) is 10.3. The molecule has 1 N–H and O–H groups in total. The maximum absolute atomic E-state index is 12.1. The normalized spacial score (nSPS) is 11.2. The Morgan fingerprint density at radius 3 is 2.37 bits per heavy atom. The molecule has 1 aromatic heterocycles. The topological polar surface area (TPSA) is 46.9 Å². The van der Waals surface area contributed by atoms with E-state index in [-0.39, 0.29) is 5.91 Å². The smallest absolute Gasteiger partial charge is 0.244 e. The number of para-hydroxylation sites is 2. The number of hydrogen-bond acceptors (Lipinski definition) is 2. The molecule has 30 heavy (non-hydrogen) atoms. The molecule has 0 fully saturated rings. The minimum Gasteiger partial charge on any atom is -0.352 e. The van der Waals surface area contributed by atoms with Crippen LogP contribution >= 0.6 is 0 Å². The molecule has 4 nitrogen and oxygen atoms in total. The molecule has 0 aliphatic carbocycles. The Morgan fingerprint density at radius 2 is 1.57 bits per heavy atom. The van der Waals surface area contributed by atoms with Crippen molar-refractivity contribution in [2.75, 3.05) is 6.54 Å². The van der Waals surface area contributed by atoms with Crippen molar-refractivity contribution in [1.29, 1.82) is 0 Å². The Bertz CT molecular complexity index is 1130. The molecule has 0 unspecified atom stereocenters. The lowest BCUT2D eigenvalue weighted by molar-refractivity contribution is -0.116. The lowest BCUT2D eigenvalue weighted by Crippen LogP contribution is -2.24. The molecule has 1 amide bonds. The number of fused-ring (bicyclic) bond motifs is 1. The maximum atomic E-state index is 12.1. The van der Waals surface area contributed by atoms with Gasteiger partial charge in [0.05, 0.1) is 11.0 Å². The van der Waals surface area contributed by atoms with Crippen LogP contribution in [0.4, 0.5) is 0 Å². The lowest BCUT2D eigenvalue weighted by Gasteiger charge is -2.10. The largest absolute Gasteiger partial charge is 0.352 e. The molecule has 0 atom stereocenters. The van der Waals surface area contributed by atoms with Crippen LogP contribution in [0.1, 0.15) is 17.0 Å². The Morgan fingerprint density at radius 1 is 0.867 bits per heavy atom. The zero-order valence-electron chi connectivity index (χ0n) is 16.9. The summed E-state index contributed by atoms with van der Waals surface area (Å²) < 4.78 is 2.27. The zero-order valence-corrected chi connectivity index (χ0v) is 16.9. The van der Waals surface area contributed by atoms with Crippen molar-refractivity contribution in [2.24, 2.45) is 0 Å². The second kappa shape index (κ2) is 9.70. The van der Waals surface area contributed by atoms with E-state index in [0.717, 1.165) is 35.4 Å². The number of benzene rings is 3. The molecule has 4 heteroatoms. The number of rotatable bonds is 8. The summed E-state index contributed by atoms with van der Waals surface area (Å²) in [4.78, 5) is 17.0. The molecule has 3 aromatic carbocycles. The van der Waals surface area contributed by atoms with Crippen molar-refractivity contribution in [2.45, 2.75) is 19.4 Å². The van der Waals surface area contributed by atoms with Crippen molar-refractivity contribution in [3.63, 3.8) is 0 Å². The summed E-state index contributed by atoms with van der Waals surface area (Å²) in [6, 6.07) is 28.5. The molecule has 150 valence electrons. The van der Waals surface area contributed by atoms with Gasteiger partial charge in [0.25, 0.3) is 0 Å². The predicted molar refractivity (Wildman–Crippen MR) is 122 cm³/mol. The van der Waals surface area contributed by atoms with Crippen LogP contribution in [-0.4, -0.2) is 22.0 Å². The average molecular weight is 396 g/mol. The third-order valence-electron chi connectivity index (χ3n) is 5.08. The van der Waals surface area contributed by atoms with Gasteiger partial charge in [0.1, 0.15) is 5.82 Å². The molecular weight excluding hydrogens is 370 g/mol. The van der Waals surface area contributed by atoms with Gasteiger partial charge in [-0.05, 0) is 35.8 Å². The summed E-state index contributed by atoms with van der Waals surface area (Å²) in [7, 11) is 0. The minimum absolute atomic E-state index is 0.0919. The number of nitrogens with zero attached hydrogens (tertiary/aromatic N) is 2. The summed E-state index contributed by atoms with van der Waals surface area (Å²) in [5.41, 5.74) is 4.45. The third kappa shape index (κ3) is 5.03. The first kappa shape index (κ1) is 19.6. The van der Waals surface area contributed by atoms with E-state index >= 15 is 0 Å². The van der Waals surface area contributed by atoms with Gasteiger partial charge in [-0.25, -0.2) is 4.98 Å². The first-order chi connectivity index (χ1) is 14.8. The van der Waals surface area contributed by atoms with Crippen LogP contribution < -0.4 is 5.32 Å². The van der Waals surface area contributed by atoms with E-state index in [1.165, 1.54) is 5.56 Å². The Kier molecular flexibility index (Phi) is 6.35. The van der Waals surface area contributed by atoms with Gasteiger partial charge in [0, 0.05) is 25.6 Å². The first-order valence-electron chi connectivity index (χ1n) is 10.3. The number of carbonyl (C=O) groups is 1. The van der Waals surface area contributed by atoms with E-state index in [4.69, 9.17) is 4.98 Å². The number of aromatic nitrogens is 2. The standard InChI is InChI=1S/C26H25N3O/c30-26(16-15-21-9-3-1-4-10-21)27-19-17-25-28-23-13-7-8-14-24(23)29(25)20-18-22-11-5-2-6-12-22/h1-16H,17-20H2,(H,27,30)/b16-15+. The van der Waals surface area contributed by atoms with Crippen LogP contribution in [0, 0.1) is 0 Å². The molecule has 0 saturated carbocycles. The molecule has 1 heterocycles. The van der Waals surface area contributed by atoms with Gasteiger partial charge in [0.15, 0.2) is 0 Å². The predicted octanol–water partition coefficient (Wildman–Crippen LogP) is 4.65. The minimum atomic E-state index is -0.0919. The van der Waals surface area contributed by atoms with Gasteiger partial charge in [-0.15, -0.1) is 0 Å². The van der Waals surface area contributed by atoms with E-state index in [2.05, 4.69) is 40.2 Å². The Labute approximate surface area is 176 Å². The Balaban J connectivity index is 1.40. The maximum Gasteiger partial charge on any atom is 0.244 e. The number of carbonyl (C=O) groups excluding carboxylic acids is 1. The SMILES string of the molecule is O=C(/C=C/c1ccccc1)NCCc1nc2ccccc2n1CCc1ccccc1. The van der Waals surface area contributed by atoms with Crippen molar-refractivity contribution < 1.29 is 4.79 Å². The van der Waals surface area contributed by atoms with Crippen LogP contribution in [-0.2, 0) is 24.2 Å². The highest BCUT2D eigenvalue weighted by Crippen LogP contribution is 2.17.